The third-order valence-electron chi connectivity index (χ3n) is 6.04. The first kappa shape index (κ1) is 26.3. The van der Waals surface area contributed by atoms with Crippen molar-refractivity contribution in [2.24, 2.45) is 11.8 Å². The number of aromatic nitrogens is 2. The zero-order valence-corrected chi connectivity index (χ0v) is 21.4. The van der Waals surface area contributed by atoms with Crippen LogP contribution in [0.4, 0.5) is 18.9 Å². The van der Waals surface area contributed by atoms with Gasteiger partial charge >= 0.3 is 6.18 Å². The Morgan fingerprint density at radius 2 is 1.78 bits per heavy atom. The Balaban J connectivity index is 1.63. The molecule has 36 heavy (non-hydrogen) atoms. The first-order valence-corrected chi connectivity index (χ1v) is 13.5. The number of hydrogen-bond donors (Lipinski definition) is 1. The quantitative estimate of drug-likeness (QED) is 0.524. The molecule has 0 aliphatic carbocycles. The van der Waals surface area contributed by atoms with E-state index in [0.717, 1.165) is 52.9 Å². The van der Waals surface area contributed by atoms with Gasteiger partial charge in [-0.3, -0.25) is 14.2 Å². The number of thiophene rings is 1. The third kappa shape index (κ3) is 5.18. The van der Waals surface area contributed by atoms with Crippen LogP contribution in [-0.2, 0) is 27.5 Å². The van der Waals surface area contributed by atoms with Crippen molar-refractivity contribution in [1.82, 2.24) is 13.9 Å². The second kappa shape index (κ2) is 9.60. The summed E-state index contributed by atoms with van der Waals surface area (Å²) in [6, 6.07) is 3.89. The summed E-state index contributed by atoms with van der Waals surface area (Å²) >= 11 is 1.10. The van der Waals surface area contributed by atoms with Crippen molar-refractivity contribution in [3.63, 3.8) is 0 Å². The van der Waals surface area contributed by atoms with Crippen LogP contribution in [-0.4, -0.2) is 41.3 Å². The molecule has 2 unspecified atom stereocenters. The molecule has 194 valence electrons. The van der Waals surface area contributed by atoms with Crippen molar-refractivity contribution in [1.29, 1.82) is 0 Å². The fourth-order valence-electron chi connectivity index (χ4n) is 4.57. The molecule has 0 radical (unpaired) electrons. The SMILES string of the molecule is Cc1sc2ncn(CC(=O)Nc3ccc(C(F)(F)F)cc3)c(=O)c2c1S(=O)(=O)N1CC(C)CC(C)C1. The number of benzene rings is 1. The van der Waals surface area contributed by atoms with Gasteiger partial charge in [-0.05, 0) is 49.4 Å². The summed E-state index contributed by atoms with van der Waals surface area (Å²) < 4.78 is 67.8. The maximum absolute atomic E-state index is 13.6. The van der Waals surface area contributed by atoms with Crippen LogP contribution in [0.2, 0.25) is 0 Å². The molecule has 2 atom stereocenters. The molecule has 0 bridgehead atoms. The summed E-state index contributed by atoms with van der Waals surface area (Å²) in [6.07, 6.45) is -2.43. The zero-order valence-electron chi connectivity index (χ0n) is 19.8. The predicted molar refractivity (Wildman–Crippen MR) is 130 cm³/mol. The average Bonchev–Trinajstić information content (AvgIpc) is 3.12. The Hall–Kier alpha value is -2.77. The molecule has 3 aromatic rings. The number of hydrogen-bond acceptors (Lipinski definition) is 6. The standard InChI is InChI=1S/C23H25F3N4O4S2/c1-13-8-14(2)10-30(9-13)36(33,34)20-15(3)35-21-19(20)22(32)29(12-27-21)11-18(31)28-17-6-4-16(5-7-17)23(24,25)26/h4-7,12-14H,8-11H2,1-3H3,(H,28,31). The summed E-state index contributed by atoms with van der Waals surface area (Å²) in [5.74, 6) is -0.317. The minimum atomic E-state index is -4.50. The summed E-state index contributed by atoms with van der Waals surface area (Å²) in [6.45, 7) is 5.81. The van der Waals surface area contributed by atoms with E-state index in [1.165, 1.54) is 4.31 Å². The Morgan fingerprint density at radius 1 is 1.17 bits per heavy atom. The zero-order chi connectivity index (χ0) is 26.4. The van der Waals surface area contributed by atoms with Gasteiger partial charge < -0.3 is 5.32 Å². The van der Waals surface area contributed by atoms with Crippen LogP contribution < -0.4 is 10.9 Å². The van der Waals surface area contributed by atoms with Gasteiger partial charge in [0.05, 0.1) is 17.3 Å². The molecular formula is C23H25F3N4O4S2. The number of piperidine rings is 1. The largest absolute Gasteiger partial charge is 0.416 e. The second-order valence-electron chi connectivity index (χ2n) is 9.24. The van der Waals surface area contributed by atoms with Crippen molar-refractivity contribution in [2.75, 3.05) is 18.4 Å². The molecule has 1 aromatic carbocycles. The number of sulfonamides is 1. The van der Waals surface area contributed by atoms with Crippen molar-refractivity contribution in [3.05, 3.63) is 51.4 Å². The molecule has 13 heteroatoms. The van der Waals surface area contributed by atoms with Crippen molar-refractivity contribution >= 4 is 43.2 Å². The number of alkyl halides is 3. The number of carbonyl (C=O) groups is 1. The summed E-state index contributed by atoms with van der Waals surface area (Å²) in [4.78, 5) is 30.6. The number of halogens is 3. The van der Waals surface area contributed by atoms with Gasteiger partial charge in [0.2, 0.25) is 15.9 Å². The van der Waals surface area contributed by atoms with Crippen LogP contribution in [0.1, 0.15) is 30.7 Å². The van der Waals surface area contributed by atoms with Gasteiger partial charge in [-0.15, -0.1) is 11.3 Å². The van der Waals surface area contributed by atoms with Gasteiger partial charge in [0.1, 0.15) is 16.3 Å². The lowest BCUT2D eigenvalue weighted by molar-refractivity contribution is -0.137. The van der Waals surface area contributed by atoms with Crippen LogP contribution in [0.3, 0.4) is 0 Å². The molecule has 1 fully saturated rings. The van der Waals surface area contributed by atoms with E-state index in [2.05, 4.69) is 10.3 Å². The van der Waals surface area contributed by atoms with Crippen molar-refractivity contribution in [3.8, 4) is 0 Å². The van der Waals surface area contributed by atoms with E-state index < -0.39 is 39.8 Å². The van der Waals surface area contributed by atoms with Crippen molar-refractivity contribution < 1.29 is 26.4 Å². The van der Waals surface area contributed by atoms with Crippen LogP contribution in [0.5, 0.6) is 0 Å². The van der Waals surface area contributed by atoms with E-state index in [1.807, 2.05) is 13.8 Å². The highest BCUT2D eigenvalue weighted by molar-refractivity contribution is 7.89. The van der Waals surface area contributed by atoms with Crippen molar-refractivity contribution in [2.45, 2.75) is 44.8 Å². The van der Waals surface area contributed by atoms with Gasteiger partial charge in [-0.1, -0.05) is 13.8 Å². The summed E-state index contributed by atoms with van der Waals surface area (Å²) in [5.41, 5.74) is -1.41. The number of nitrogens with one attached hydrogen (secondary N) is 1. The number of carbonyl (C=O) groups excluding carboxylic acids is 1. The van der Waals surface area contributed by atoms with E-state index >= 15 is 0 Å². The fraction of sp³-hybridized carbons (Fsp3) is 0.435. The van der Waals surface area contributed by atoms with Gasteiger partial charge in [-0.25, -0.2) is 13.4 Å². The lowest BCUT2D eigenvalue weighted by Gasteiger charge is -2.34. The maximum atomic E-state index is 13.6. The average molecular weight is 543 g/mol. The Kier molecular flexibility index (Phi) is 7.01. The van der Waals surface area contributed by atoms with Gasteiger partial charge in [0.25, 0.3) is 5.56 Å². The highest BCUT2D eigenvalue weighted by atomic mass is 32.2. The molecule has 8 nitrogen and oxygen atoms in total. The second-order valence-corrected chi connectivity index (χ2v) is 12.3. The van der Waals surface area contributed by atoms with E-state index in [0.29, 0.717) is 18.0 Å². The molecule has 4 rings (SSSR count). The smallest absolute Gasteiger partial charge is 0.325 e. The highest BCUT2D eigenvalue weighted by Gasteiger charge is 2.36. The van der Waals surface area contributed by atoms with E-state index in [9.17, 15) is 31.2 Å². The number of rotatable bonds is 5. The Bertz CT molecular complexity index is 1450. The number of fused-ring (bicyclic) bond motifs is 1. The minimum absolute atomic E-state index is 0.0618. The molecule has 2 aromatic heterocycles. The van der Waals surface area contributed by atoms with Gasteiger partial charge in [0, 0.05) is 23.7 Å². The van der Waals surface area contributed by atoms with Gasteiger partial charge in [0.15, 0.2) is 0 Å². The van der Waals surface area contributed by atoms with Gasteiger partial charge in [-0.2, -0.15) is 17.5 Å². The topological polar surface area (TPSA) is 101 Å². The first-order chi connectivity index (χ1) is 16.8. The minimum Gasteiger partial charge on any atom is -0.325 e. The number of amides is 1. The molecule has 0 saturated carbocycles. The molecule has 3 heterocycles. The Morgan fingerprint density at radius 3 is 2.36 bits per heavy atom. The van der Waals surface area contributed by atoms with Crippen LogP contribution in [0.15, 0.2) is 40.3 Å². The maximum Gasteiger partial charge on any atom is 0.416 e. The normalized spacial score (nSPS) is 19.5. The summed E-state index contributed by atoms with van der Waals surface area (Å²) in [5, 5.41) is 2.38. The molecule has 1 N–H and O–H groups in total. The predicted octanol–water partition coefficient (Wildman–Crippen LogP) is 4.09. The monoisotopic (exact) mass is 542 g/mol. The molecule has 1 aliphatic heterocycles. The van der Waals surface area contributed by atoms with Crippen LogP contribution >= 0.6 is 11.3 Å². The lowest BCUT2D eigenvalue weighted by Crippen LogP contribution is -2.42. The molecular weight excluding hydrogens is 517 g/mol. The number of anilines is 1. The molecule has 0 spiro atoms. The Labute approximate surface area is 209 Å². The molecule has 1 aliphatic rings. The van der Waals surface area contributed by atoms with Crippen LogP contribution in [0, 0.1) is 18.8 Å². The number of nitrogens with zero attached hydrogens (tertiary/aromatic N) is 3. The summed E-state index contributed by atoms with van der Waals surface area (Å²) in [7, 11) is -3.98. The lowest BCUT2D eigenvalue weighted by atomic mass is 9.94. The van der Waals surface area contributed by atoms with E-state index in [-0.39, 0.29) is 32.6 Å². The molecule has 1 saturated heterocycles. The van der Waals surface area contributed by atoms with Crippen LogP contribution in [0.25, 0.3) is 10.2 Å². The molecule has 1 amide bonds. The van der Waals surface area contributed by atoms with E-state index in [4.69, 9.17) is 0 Å². The fourth-order valence-corrected chi connectivity index (χ4v) is 7.91. The third-order valence-corrected chi connectivity index (χ3v) is 9.19. The highest BCUT2D eigenvalue weighted by Crippen LogP contribution is 2.35. The number of aryl methyl sites for hydroxylation is 1. The first-order valence-electron chi connectivity index (χ1n) is 11.2. The van der Waals surface area contributed by atoms with E-state index in [1.54, 1.807) is 6.92 Å².